The minimum atomic E-state index is -0.420. The minimum absolute atomic E-state index is 0.324. The van der Waals surface area contributed by atoms with Crippen LogP contribution in [0, 0.1) is 9.39 Å². The average Bonchev–Trinajstić information content (AvgIpc) is 2.54. The maximum Gasteiger partial charge on any atom is 0.271 e. The SMILES string of the molecule is COc1cc(/C=N\NC(=O)c2ccc(F)cc2)cc(I)c1OC. The van der Waals surface area contributed by atoms with Crippen molar-refractivity contribution in [1.82, 2.24) is 5.43 Å². The molecule has 0 radical (unpaired) electrons. The van der Waals surface area contributed by atoms with Gasteiger partial charge in [0.2, 0.25) is 0 Å². The zero-order valence-corrected chi connectivity index (χ0v) is 14.6. The van der Waals surface area contributed by atoms with Crippen LogP contribution in [-0.2, 0) is 0 Å². The lowest BCUT2D eigenvalue weighted by atomic mass is 10.2. The Bertz CT molecular complexity index is 733. The molecule has 1 N–H and O–H groups in total. The number of carbonyl (C=O) groups excluding carboxylic acids is 1. The van der Waals surface area contributed by atoms with Gasteiger partial charge < -0.3 is 9.47 Å². The molecule has 0 saturated carbocycles. The van der Waals surface area contributed by atoms with E-state index in [9.17, 15) is 9.18 Å². The summed E-state index contributed by atoms with van der Waals surface area (Å²) in [5, 5.41) is 3.89. The summed E-state index contributed by atoms with van der Waals surface area (Å²) < 4.78 is 24.2. The first kappa shape index (κ1) is 17.2. The lowest BCUT2D eigenvalue weighted by Crippen LogP contribution is -2.17. The molecule has 0 aliphatic carbocycles. The lowest BCUT2D eigenvalue weighted by molar-refractivity contribution is 0.0955. The molecular weight excluding hydrogens is 414 g/mol. The molecule has 7 heteroatoms. The average molecular weight is 428 g/mol. The summed E-state index contributed by atoms with van der Waals surface area (Å²) in [5.41, 5.74) is 3.45. The summed E-state index contributed by atoms with van der Waals surface area (Å²) in [7, 11) is 3.11. The molecule has 1 amide bonds. The number of hydrazone groups is 1. The van der Waals surface area contributed by atoms with Crippen molar-refractivity contribution in [1.29, 1.82) is 0 Å². The summed E-state index contributed by atoms with van der Waals surface area (Å²) >= 11 is 2.12. The Kier molecular flexibility index (Phi) is 5.91. The second kappa shape index (κ2) is 7.91. The van der Waals surface area contributed by atoms with Gasteiger partial charge in [0.1, 0.15) is 5.82 Å². The van der Waals surface area contributed by atoms with E-state index in [4.69, 9.17) is 9.47 Å². The molecule has 0 aliphatic heterocycles. The van der Waals surface area contributed by atoms with E-state index in [1.54, 1.807) is 20.3 Å². The standard InChI is InChI=1S/C16H14FIN2O3/c1-22-14-8-10(7-13(18)15(14)23-2)9-19-20-16(21)11-3-5-12(17)6-4-11/h3-9H,1-2H3,(H,20,21)/b19-9-. The van der Waals surface area contributed by atoms with Crippen LogP contribution >= 0.6 is 22.6 Å². The second-order valence-corrected chi connectivity index (χ2v) is 5.61. The molecule has 23 heavy (non-hydrogen) atoms. The largest absolute Gasteiger partial charge is 0.493 e. The van der Waals surface area contributed by atoms with Gasteiger partial charge in [-0.1, -0.05) is 0 Å². The predicted octanol–water partition coefficient (Wildman–Crippen LogP) is 3.21. The third-order valence-corrected chi connectivity index (χ3v) is 3.74. The van der Waals surface area contributed by atoms with E-state index in [1.807, 2.05) is 6.07 Å². The Morgan fingerprint density at radius 2 is 1.91 bits per heavy atom. The Morgan fingerprint density at radius 3 is 2.52 bits per heavy atom. The first-order chi connectivity index (χ1) is 11.0. The zero-order chi connectivity index (χ0) is 16.8. The van der Waals surface area contributed by atoms with E-state index in [0.29, 0.717) is 17.1 Å². The van der Waals surface area contributed by atoms with Gasteiger partial charge in [0.05, 0.1) is 24.0 Å². The van der Waals surface area contributed by atoms with E-state index in [2.05, 4.69) is 33.1 Å². The van der Waals surface area contributed by atoms with Gasteiger partial charge in [0.15, 0.2) is 11.5 Å². The molecule has 0 atom stereocenters. The number of rotatable bonds is 5. The zero-order valence-electron chi connectivity index (χ0n) is 12.5. The number of methoxy groups -OCH3 is 2. The highest BCUT2D eigenvalue weighted by Crippen LogP contribution is 2.32. The van der Waals surface area contributed by atoms with Crippen LogP contribution in [-0.4, -0.2) is 26.3 Å². The van der Waals surface area contributed by atoms with Crippen LogP contribution < -0.4 is 14.9 Å². The van der Waals surface area contributed by atoms with Crippen molar-refractivity contribution >= 4 is 34.7 Å². The van der Waals surface area contributed by atoms with E-state index >= 15 is 0 Å². The van der Waals surface area contributed by atoms with Gasteiger partial charge in [-0.25, -0.2) is 9.82 Å². The quantitative estimate of drug-likeness (QED) is 0.452. The molecule has 0 spiro atoms. The molecule has 0 aliphatic rings. The van der Waals surface area contributed by atoms with Gasteiger partial charge >= 0.3 is 0 Å². The molecular formula is C16H14FIN2O3. The summed E-state index contributed by atoms with van der Waals surface area (Å²) in [6.45, 7) is 0. The molecule has 0 saturated heterocycles. The number of nitrogens with zero attached hydrogens (tertiary/aromatic N) is 1. The molecule has 120 valence electrons. The maximum atomic E-state index is 12.8. The molecule has 2 aromatic carbocycles. The van der Waals surface area contributed by atoms with Crippen molar-refractivity contribution in [3.8, 4) is 11.5 Å². The second-order valence-electron chi connectivity index (χ2n) is 4.44. The van der Waals surface area contributed by atoms with Crippen molar-refractivity contribution in [3.05, 3.63) is 56.9 Å². The first-order valence-electron chi connectivity index (χ1n) is 6.55. The number of hydrogen-bond acceptors (Lipinski definition) is 4. The fraction of sp³-hybridized carbons (Fsp3) is 0.125. The molecule has 0 fully saturated rings. The van der Waals surface area contributed by atoms with Crippen molar-refractivity contribution in [2.24, 2.45) is 5.10 Å². The number of carbonyl (C=O) groups is 1. The third kappa shape index (κ3) is 4.41. The predicted molar refractivity (Wildman–Crippen MR) is 93.7 cm³/mol. The number of halogens is 2. The number of nitrogens with one attached hydrogen (secondary N) is 1. The van der Waals surface area contributed by atoms with Gasteiger partial charge in [-0.15, -0.1) is 0 Å². The van der Waals surface area contributed by atoms with E-state index in [-0.39, 0.29) is 0 Å². The van der Waals surface area contributed by atoms with Crippen LogP contribution in [0.25, 0.3) is 0 Å². The van der Waals surface area contributed by atoms with Gasteiger partial charge in [-0.05, 0) is 64.6 Å². The molecule has 0 aromatic heterocycles. The monoisotopic (exact) mass is 428 g/mol. The smallest absolute Gasteiger partial charge is 0.271 e. The first-order valence-corrected chi connectivity index (χ1v) is 7.63. The van der Waals surface area contributed by atoms with Crippen LogP contribution in [0.3, 0.4) is 0 Å². The number of benzene rings is 2. The lowest BCUT2D eigenvalue weighted by Gasteiger charge is -2.10. The van der Waals surface area contributed by atoms with Crippen LogP contribution in [0.5, 0.6) is 11.5 Å². The van der Waals surface area contributed by atoms with Crippen molar-refractivity contribution < 1.29 is 18.7 Å². The molecule has 5 nitrogen and oxygen atoms in total. The van der Waals surface area contributed by atoms with Crippen LogP contribution in [0.4, 0.5) is 4.39 Å². The van der Waals surface area contributed by atoms with Crippen molar-refractivity contribution in [3.63, 3.8) is 0 Å². The summed E-state index contributed by atoms with van der Waals surface area (Å²) in [6, 6.07) is 8.80. The van der Waals surface area contributed by atoms with Crippen LogP contribution in [0.2, 0.25) is 0 Å². The van der Waals surface area contributed by atoms with Gasteiger partial charge in [-0.3, -0.25) is 4.79 Å². The number of amides is 1. The van der Waals surface area contributed by atoms with Crippen LogP contribution in [0.1, 0.15) is 15.9 Å². The minimum Gasteiger partial charge on any atom is -0.493 e. The van der Waals surface area contributed by atoms with E-state index in [0.717, 1.165) is 9.13 Å². The van der Waals surface area contributed by atoms with E-state index in [1.165, 1.54) is 30.5 Å². The molecule has 0 heterocycles. The Balaban J connectivity index is 2.10. The van der Waals surface area contributed by atoms with Crippen molar-refractivity contribution in [2.75, 3.05) is 14.2 Å². The highest BCUT2D eigenvalue weighted by atomic mass is 127. The fourth-order valence-electron chi connectivity index (χ4n) is 1.84. The molecule has 2 aromatic rings. The van der Waals surface area contributed by atoms with E-state index < -0.39 is 11.7 Å². The normalized spacial score (nSPS) is 10.6. The van der Waals surface area contributed by atoms with Gasteiger partial charge in [-0.2, -0.15) is 5.10 Å². The van der Waals surface area contributed by atoms with Gasteiger partial charge in [0.25, 0.3) is 5.91 Å². The number of hydrogen-bond donors (Lipinski definition) is 1. The maximum absolute atomic E-state index is 12.8. The third-order valence-electron chi connectivity index (χ3n) is 2.94. The highest BCUT2D eigenvalue weighted by Gasteiger charge is 2.09. The molecule has 2 rings (SSSR count). The summed E-state index contributed by atoms with van der Waals surface area (Å²) in [6.07, 6.45) is 1.49. The topological polar surface area (TPSA) is 59.9 Å². The summed E-state index contributed by atoms with van der Waals surface area (Å²) in [5.74, 6) is 0.396. The molecule has 0 unspecified atom stereocenters. The van der Waals surface area contributed by atoms with Crippen LogP contribution in [0.15, 0.2) is 41.5 Å². The Morgan fingerprint density at radius 1 is 1.22 bits per heavy atom. The van der Waals surface area contributed by atoms with Crippen molar-refractivity contribution in [2.45, 2.75) is 0 Å². The number of ether oxygens (including phenoxy) is 2. The highest BCUT2D eigenvalue weighted by molar-refractivity contribution is 14.1. The molecule has 0 bridgehead atoms. The Labute approximate surface area is 146 Å². The summed E-state index contributed by atoms with van der Waals surface area (Å²) in [4.78, 5) is 11.8. The fourth-order valence-corrected chi connectivity index (χ4v) is 2.69. The van der Waals surface area contributed by atoms with Gasteiger partial charge in [0, 0.05) is 5.56 Å². The Hall–Kier alpha value is -2.16.